The molecule has 0 atom stereocenters. The first-order valence-corrected chi connectivity index (χ1v) is 8.83. The number of nitrogens with zero attached hydrogens (tertiary/aromatic N) is 2. The molecule has 7 heteroatoms. The third kappa shape index (κ3) is 4.71. The molecule has 0 aliphatic carbocycles. The molecular formula is C15H19N3O2S2. The summed E-state index contributed by atoms with van der Waals surface area (Å²) in [5.41, 5.74) is 1.32. The van der Waals surface area contributed by atoms with E-state index in [1.165, 1.54) is 28.7 Å². The highest BCUT2D eigenvalue weighted by Gasteiger charge is 2.13. The van der Waals surface area contributed by atoms with Crippen molar-refractivity contribution in [3.8, 4) is 5.75 Å². The lowest BCUT2D eigenvalue weighted by atomic mass is 9.87. The molecule has 0 radical (unpaired) electrons. The Kier molecular flexibility index (Phi) is 5.42. The highest BCUT2D eigenvalue weighted by atomic mass is 32.2. The summed E-state index contributed by atoms with van der Waals surface area (Å²) in [6.45, 7) is 6.41. The van der Waals surface area contributed by atoms with Crippen LogP contribution < -0.4 is 10.1 Å². The zero-order valence-corrected chi connectivity index (χ0v) is 14.7. The van der Waals surface area contributed by atoms with Crippen molar-refractivity contribution in [2.45, 2.75) is 30.5 Å². The van der Waals surface area contributed by atoms with Crippen LogP contribution in [0.4, 0.5) is 5.13 Å². The molecule has 0 aliphatic heterocycles. The van der Waals surface area contributed by atoms with Crippen LogP contribution in [0.5, 0.6) is 5.75 Å². The van der Waals surface area contributed by atoms with Crippen LogP contribution in [0.2, 0.25) is 0 Å². The molecule has 118 valence electrons. The minimum absolute atomic E-state index is 0.0525. The van der Waals surface area contributed by atoms with Crippen LogP contribution in [-0.4, -0.2) is 29.0 Å². The lowest BCUT2D eigenvalue weighted by Crippen LogP contribution is -2.20. The SMILES string of the molecule is CSc1nnc(NC(=O)COc2ccc(C(C)(C)C)cc2)s1. The normalized spacial score (nSPS) is 11.3. The summed E-state index contributed by atoms with van der Waals surface area (Å²) in [7, 11) is 0. The second kappa shape index (κ2) is 7.11. The lowest BCUT2D eigenvalue weighted by Gasteiger charge is -2.19. The molecule has 0 spiro atoms. The van der Waals surface area contributed by atoms with Crippen molar-refractivity contribution in [1.29, 1.82) is 0 Å². The Morgan fingerprint density at radius 2 is 1.95 bits per heavy atom. The predicted molar refractivity (Wildman–Crippen MR) is 91.0 cm³/mol. The van der Waals surface area contributed by atoms with E-state index >= 15 is 0 Å². The summed E-state index contributed by atoms with van der Waals surface area (Å²) in [4.78, 5) is 11.8. The second-order valence-corrected chi connectivity index (χ2v) is 7.72. The smallest absolute Gasteiger partial charge is 0.264 e. The van der Waals surface area contributed by atoms with Crippen LogP contribution in [0.15, 0.2) is 28.6 Å². The van der Waals surface area contributed by atoms with Crippen LogP contribution in [0.3, 0.4) is 0 Å². The molecule has 1 aromatic carbocycles. The van der Waals surface area contributed by atoms with Crippen LogP contribution in [-0.2, 0) is 10.2 Å². The van der Waals surface area contributed by atoms with Gasteiger partial charge in [-0.05, 0) is 29.4 Å². The molecule has 0 saturated carbocycles. The quantitative estimate of drug-likeness (QED) is 0.667. The van der Waals surface area contributed by atoms with Crippen molar-refractivity contribution in [2.75, 3.05) is 18.2 Å². The number of hydrogen-bond donors (Lipinski definition) is 1. The van der Waals surface area contributed by atoms with Gasteiger partial charge in [-0.25, -0.2) is 0 Å². The Balaban J connectivity index is 1.85. The Bertz CT molecular complexity index is 633. The Morgan fingerprint density at radius 3 is 2.50 bits per heavy atom. The largest absolute Gasteiger partial charge is 0.484 e. The molecule has 1 aromatic heterocycles. The standard InChI is InChI=1S/C15H19N3O2S2/c1-15(2,3)10-5-7-11(8-6-10)20-9-12(19)16-13-17-18-14(21-4)22-13/h5-8H,9H2,1-4H3,(H,16,17,19). The molecule has 0 fully saturated rings. The number of hydrogen-bond acceptors (Lipinski definition) is 6. The molecule has 1 heterocycles. The zero-order chi connectivity index (χ0) is 16.2. The predicted octanol–water partition coefficient (Wildman–Crippen LogP) is 3.58. The summed E-state index contributed by atoms with van der Waals surface area (Å²) >= 11 is 2.83. The number of benzene rings is 1. The highest BCUT2D eigenvalue weighted by molar-refractivity contribution is 8.00. The topological polar surface area (TPSA) is 64.1 Å². The molecule has 2 aromatic rings. The first-order valence-electron chi connectivity index (χ1n) is 6.79. The Hall–Kier alpha value is -1.60. The van der Waals surface area contributed by atoms with Gasteiger partial charge in [0.1, 0.15) is 5.75 Å². The first-order chi connectivity index (χ1) is 10.4. The van der Waals surface area contributed by atoms with Crippen molar-refractivity contribution >= 4 is 34.1 Å². The van der Waals surface area contributed by atoms with Gasteiger partial charge < -0.3 is 4.74 Å². The minimum atomic E-state index is -0.247. The minimum Gasteiger partial charge on any atom is -0.484 e. The van der Waals surface area contributed by atoms with Gasteiger partial charge in [0.2, 0.25) is 5.13 Å². The van der Waals surface area contributed by atoms with Gasteiger partial charge in [0.05, 0.1) is 0 Å². The number of anilines is 1. The third-order valence-corrected chi connectivity index (χ3v) is 4.73. The van der Waals surface area contributed by atoms with E-state index in [9.17, 15) is 4.79 Å². The third-order valence-electron chi connectivity index (χ3n) is 2.92. The fraction of sp³-hybridized carbons (Fsp3) is 0.400. The summed E-state index contributed by atoms with van der Waals surface area (Å²) in [5.74, 6) is 0.425. The summed E-state index contributed by atoms with van der Waals surface area (Å²) in [6.07, 6.45) is 1.91. The van der Waals surface area contributed by atoms with Gasteiger partial charge in [-0.2, -0.15) is 0 Å². The van der Waals surface area contributed by atoms with Crippen molar-refractivity contribution in [3.05, 3.63) is 29.8 Å². The van der Waals surface area contributed by atoms with Crippen molar-refractivity contribution in [2.24, 2.45) is 0 Å². The van der Waals surface area contributed by atoms with Crippen molar-refractivity contribution < 1.29 is 9.53 Å². The molecule has 0 saturated heterocycles. The van der Waals surface area contributed by atoms with E-state index in [2.05, 4.69) is 36.3 Å². The number of rotatable bonds is 5. The maximum atomic E-state index is 11.8. The number of amides is 1. The van der Waals surface area contributed by atoms with E-state index in [0.29, 0.717) is 10.9 Å². The number of nitrogens with one attached hydrogen (secondary N) is 1. The number of thioether (sulfide) groups is 1. The van der Waals surface area contributed by atoms with Gasteiger partial charge in [-0.1, -0.05) is 56.0 Å². The number of aromatic nitrogens is 2. The van der Waals surface area contributed by atoms with Gasteiger partial charge in [0.25, 0.3) is 5.91 Å². The molecule has 1 N–H and O–H groups in total. The first kappa shape index (κ1) is 16.8. The van der Waals surface area contributed by atoms with Crippen molar-refractivity contribution in [1.82, 2.24) is 10.2 Å². The second-order valence-electron chi connectivity index (χ2n) is 5.69. The van der Waals surface area contributed by atoms with E-state index in [1.54, 1.807) is 0 Å². The zero-order valence-electron chi connectivity index (χ0n) is 13.0. The summed E-state index contributed by atoms with van der Waals surface area (Å²) in [5, 5.41) is 11.0. The van der Waals surface area contributed by atoms with E-state index in [0.717, 1.165) is 4.34 Å². The fourth-order valence-electron chi connectivity index (χ4n) is 1.70. The molecule has 0 bridgehead atoms. The molecule has 22 heavy (non-hydrogen) atoms. The van der Waals surface area contributed by atoms with Crippen LogP contribution in [0.1, 0.15) is 26.3 Å². The summed E-state index contributed by atoms with van der Waals surface area (Å²) in [6, 6.07) is 7.79. The van der Waals surface area contributed by atoms with Gasteiger partial charge in [-0.3, -0.25) is 10.1 Å². The van der Waals surface area contributed by atoms with Gasteiger partial charge in [0, 0.05) is 0 Å². The van der Waals surface area contributed by atoms with E-state index in [1.807, 2.05) is 30.5 Å². The number of carbonyl (C=O) groups excluding carboxylic acids is 1. The molecule has 0 aliphatic rings. The van der Waals surface area contributed by atoms with Crippen LogP contribution >= 0.6 is 23.1 Å². The Morgan fingerprint density at radius 1 is 1.27 bits per heavy atom. The average molecular weight is 337 g/mol. The lowest BCUT2D eigenvalue weighted by molar-refractivity contribution is -0.118. The van der Waals surface area contributed by atoms with Crippen LogP contribution in [0, 0.1) is 0 Å². The van der Waals surface area contributed by atoms with Gasteiger partial charge in [0.15, 0.2) is 10.9 Å². The molecule has 1 amide bonds. The van der Waals surface area contributed by atoms with E-state index in [-0.39, 0.29) is 17.9 Å². The maximum Gasteiger partial charge on any atom is 0.264 e. The monoisotopic (exact) mass is 337 g/mol. The molecule has 5 nitrogen and oxygen atoms in total. The van der Waals surface area contributed by atoms with E-state index < -0.39 is 0 Å². The fourth-order valence-corrected chi connectivity index (χ4v) is 2.88. The number of carbonyl (C=O) groups is 1. The van der Waals surface area contributed by atoms with Gasteiger partial charge >= 0.3 is 0 Å². The molecular weight excluding hydrogens is 318 g/mol. The molecule has 0 unspecified atom stereocenters. The van der Waals surface area contributed by atoms with Crippen LogP contribution in [0.25, 0.3) is 0 Å². The average Bonchev–Trinajstić information content (AvgIpc) is 2.92. The molecule has 2 rings (SSSR count). The maximum absolute atomic E-state index is 11.8. The van der Waals surface area contributed by atoms with Gasteiger partial charge in [-0.15, -0.1) is 10.2 Å². The summed E-state index contributed by atoms with van der Waals surface area (Å²) < 4.78 is 6.29. The highest BCUT2D eigenvalue weighted by Crippen LogP contribution is 2.25. The Labute approximate surface area is 138 Å². The number of ether oxygens (including phenoxy) is 1. The van der Waals surface area contributed by atoms with Crippen molar-refractivity contribution in [3.63, 3.8) is 0 Å². The van der Waals surface area contributed by atoms with E-state index in [4.69, 9.17) is 4.74 Å².